The summed E-state index contributed by atoms with van der Waals surface area (Å²) in [7, 11) is -2.63. The molecule has 0 aliphatic rings. The molecular formula is C17H18Cl2N2O3S. The molecule has 0 heterocycles. The highest BCUT2D eigenvalue weighted by molar-refractivity contribution is 7.89. The zero-order chi connectivity index (χ0) is 18.8. The summed E-state index contributed by atoms with van der Waals surface area (Å²) < 4.78 is 26.1. The molecule has 2 aromatic carbocycles. The van der Waals surface area contributed by atoms with Crippen molar-refractivity contribution in [3.63, 3.8) is 0 Å². The lowest BCUT2D eigenvalue weighted by atomic mass is 10.1. The molecule has 25 heavy (non-hydrogen) atoms. The number of benzene rings is 2. The van der Waals surface area contributed by atoms with Crippen molar-refractivity contribution in [2.45, 2.75) is 18.7 Å². The molecule has 0 atom stereocenters. The minimum Gasteiger partial charge on any atom is -0.325 e. The zero-order valence-corrected chi connectivity index (χ0v) is 16.3. The summed E-state index contributed by atoms with van der Waals surface area (Å²) in [6.45, 7) is 3.49. The second kappa shape index (κ2) is 7.74. The third-order valence-corrected chi connectivity index (χ3v) is 5.97. The van der Waals surface area contributed by atoms with E-state index in [1.54, 1.807) is 0 Å². The van der Waals surface area contributed by atoms with Crippen LogP contribution in [0.25, 0.3) is 0 Å². The third-order valence-electron chi connectivity index (χ3n) is 3.45. The molecule has 0 unspecified atom stereocenters. The molecule has 1 amide bonds. The van der Waals surface area contributed by atoms with Crippen LogP contribution in [0.1, 0.15) is 11.1 Å². The van der Waals surface area contributed by atoms with Crippen LogP contribution in [0.3, 0.4) is 0 Å². The summed E-state index contributed by atoms with van der Waals surface area (Å²) in [6.07, 6.45) is 0. The number of rotatable bonds is 5. The predicted octanol–water partition coefficient (Wildman–Crippen LogP) is 3.87. The van der Waals surface area contributed by atoms with E-state index in [1.807, 2.05) is 32.0 Å². The maximum absolute atomic E-state index is 12.6. The van der Waals surface area contributed by atoms with Crippen molar-refractivity contribution in [1.82, 2.24) is 4.31 Å². The average Bonchev–Trinajstić information content (AvgIpc) is 2.48. The SMILES string of the molecule is Cc1cc(C)cc(NC(=O)CN(C)S(=O)(=O)c2cc(Cl)ccc2Cl)c1. The third kappa shape index (κ3) is 4.95. The van der Waals surface area contributed by atoms with E-state index in [1.165, 1.54) is 25.2 Å². The van der Waals surface area contributed by atoms with Gasteiger partial charge in [0.05, 0.1) is 11.6 Å². The number of hydrogen-bond donors (Lipinski definition) is 1. The monoisotopic (exact) mass is 400 g/mol. The Labute approximate surface area is 157 Å². The number of nitrogens with one attached hydrogen (secondary N) is 1. The summed E-state index contributed by atoms with van der Waals surface area (Å²) in [5, 5.41) is 2.99. The van der Waals surface area contributed by atoms with Gasteiger partial charge < -0.3 is 5.32 Å². The predicted molar refractivity (Wildman–Crippen MR) is 101 cm³/mol. The fraction of sp³-hybridized carbons (Fsp3) is 0.235. The average molecular weight is 401 g/mol. The number of anilines is 1. The first kappa shape index (κ1) is 19.7. The number of amides is 1. The van der Waals surface area contributed by atoms with E-state index in [-0.39, 0.29) is 21.5 Å². The number of likely N-dealkylation sites (N-methyl/N-ethyl adjacent to an activating group) is 1. The van der Waals surface area contributed by atoms with Gasteiger partial charge in [0.1, 0.15) is 4.90 Å². The van der Waals surface area contributed by atoms with Crippen molar-refractivity contribution in [2.75, 3.05) is 18.9 Å². The van der Waals surface area contributed by atoms with Crippen molar-refractivity contribution in [2.24, 2.45) is 0 Å². The summed E-state index contributed by atoms with van der Waals surface area (Å²) >= 11 is 11.8. The molecule has 0 aromatic heterocycles. The summed E-state index contributed by atoms with van der Waals surface area (Å²) in [5.41, 5.74) is 2.62. The van der Waals surface area contributed by atoms with Crippen LogP contribution >= 0.6 is 23.2 Å². The van der Waals surface area contributed by atoms with E-state index in [9.17, 15) is 13.2 Å². The summed E-state index contributed by atoms with van der Waals surface area (Å²) in [5.74, 6) is -0.450. The number of halogens is 2. The highest BCUT2D eigenvalue weighted by Gasteiger charge is 2.25. The Morgan fingerprint density at radius 2 is 1.68 bits per heavy atom. The molecule has 0 bridgehead atoms. The number of carbonyl (C=O) groups is 1. The van der Waals surface area contributed by atoms with Crippen molar-refractivity contribution < 1.29 is 13.2 Å². The highest BCUT2D eigenvalue weighted by atomic mass is 35.5. The quantitative estimate of drug-likeness (QED) is 0.827. The standard InChI is InChI=1S/C17H18Cl2N2O3S/c1-11-6-12(2)8-14(7-11)20-17(22)10-21(3)25(23,24)16-9-13(18)4-5-15(16)19/h4-9H,10H2,1-3H3,(H,20,22). The summed E-state index contributed by atoms with van der Waals surface area (Å²) in [4.78, 5) is 12.1. The molecule has 5 nitrogen and oxygen atoms in total. The van der Waals surface area contributed by atoms with Gasteiger partial charge in [0.25, 0.3) is 0 Å². The lowest BCUT2D eigenvalue weighted by Crippen LogP contribution is -2.35. The molecule has 2 rings (SSSR count). The molecule has 0 aliphatic heterocycles. The molecule has 0 radical (unpaired) electrons. The van der Waals surface area contributed by atoms with Crippen LogP contribution in [0.15, 0.2) is 41.3 Å². The second-order valence-electron chi connectivity index (χ2n) is 5.76. The Balaban J connectivity index is 2.16. The van der Waals surface area contributed by atoms with E-state index >= 15 is 0 Å². The van der Waals surface area contributed by atoms with Crippen molar-refractivity contribution >= 4 is 44.8 Å². The lowest BCUT2D eigenvalue weighted by Gasteiger charge is -2.18. The smallest absolute Gasteiger partial charge is 0.244 e. The van der Waals surface area contributed by atoms with Crippen LogP contribution in [0.2, 0.25) is 10.0 Å². The molecule has 0 saturated carbocycles. The van der Waals surface area contributed by atoms with Crippen LogP contribution in [-0.2, 0) is 14.8 Å². The zero-order valence-electron chi connectivity index (χ0n) is 14.0. The van der Waals surface area contributed by atoms with Crippen LogP contribution in [-0.4, -0.2) is 32.2 Å². The maximum Gasteiger partial charge on any atom is 0.244 e. The van der Waals surface area contributed by atoms with Gasteiger partial charge >= 0.3 is 0 Å². The van der Waals surface area contributed by atoms with Gasteiger partial charge in [-0.25, -0.2) is 8.42 Å². The minimum atomic E-state index is -3.94. The van der Waals surface area contributed by atoms with E-state index in [2.05, 4.69) is 5.32 Å². The van der Waals surface area contributed by atoms with Crippen LogP contribution in [0.4, 0.5) is 5.69 Å². The molecule has 134 valence electrons. The van der Waals surface area contributed by atoms with E-state index < -0.39 is 15.9 Å². The Kier molecular flexibility index (Phi) is 6.11. The fourth-order valence-electron chi connectivity index (χ4n) is 2.38. The van der Waals surface area contributed by atoms with Gasteiger partial charge in [-0.15, -0.1) is 0 Å². The number of nitrogens with zero attached hydrogens (tertiary/aromatic N) is 1. The molecule has 0 spiro atoms. The molecule has 8 heteroatoms. The molecular weight excluding hydrogens is 383 g/mol. The Hall–Kier alpha value is -1.60. The minimum absolute atomic E-state index is 0.0472. The number of sulfonamides is 1. The normalized spacial score (nSPS) is 11.6. The Morgan fingerprint density at radius 3 is 2.28 bits per heavy atom. The topological polar surface area (TPSA) is 66.5 Å². The van der Waals surface area contributed by atoms with Gasteiger partial charge in [-0.1, -0.05) is 29.3 Å². The Morgan fingerprint density at radius 1 is 1.08 bits per heavy atom. The molecule has 1 N–H and O–H groups in total. The largest absolute Gasteiger partial charge is 0.325 e. The van der Waals surface area contributed by atoms with Gasteiger partial charge in [0.2, 0.25) is 15.9 Å². The number of carbonyl (C=O) groups excluding carboxylic acids is 1. The second-order valence-corrected chi connectivity index (χ2v) is 8.62. The number of aryl methyl sites for hydroxylation is 2. The van der Waals surface area contributed by atoms with E-state index in [0.717, 1.165) is 15.4 Å². The van der Waals surface area contributed by atoms with Gasteiger partial charge in [-0.3, -0.25) is 4.79 Å². The highest BCUT2D eigenvalue weighted by Crippen LogP contribution is 2.27. The van der Waals surface area contributed by atoms with Crippen LogP contribution in [0, 0.1) is 13.8 Å². The van der Waals surface area contributed by atoms with E-state index in [4.69, 9.17) is 23.2 Å². The lowest BCUT2D eigenvalue weighted by molar-refractivity contribution is -0.116. The van der Waals surface area contributed by atoms with Crippen molar-refractivity contribution in [3.8, 4) is 0 Å². The first-order valence-electron chi connectivity index (χ1n) is 7.39. The molecule has 0 saturated heterocycles. The van der Waals surface area contributed by atoms with Crippen LogP contribution < -0.4 is 5.32 Å². The van der Waals surface area contributed by atoms with E-state index in [0.29, 0.717) is 5.69 Å². The number of hydrogen-bond acceptors (Lipinski definition) is 3. The van der Waals surface area contributed by atoms with Gasteiger partial charge in [-0.05, 0) is 55.3 Å². The first-order chi connectivity index (χ1) is 11.6. The molecule has 2 aromatic rings. The maximum atomic E-state index is 12.6. The fourth-order valence-corrected chi connectivity index (χ4v) is 4.24. The van der Waals surface area contributed by atoms with Crippen molar-refractivity contribution in [1.29, 1.82) is 0 Å². The van der Waals surface area contributed by atoms with Crippen molar-refractivity contribution in [3.05, 3.63) is 57.6 Å². The van der Waals surface area contributed by atoms with Gasteiger partial charge in [0.15, 0.2) is 0 Å². The first-order valence-corrected chi connectivity index (χ1v) is 9.59. The van der Waals surface area contributed by atoms with Crippen LogP contribution in [0.5, 0.6) is 0 Å². The van der Waals surface area contributed by atoms with Gasteiger partial charge in [-0.2, -0.15) is 4.31 Å². The Bertz CT molecular complexity index is 894. The van der Waals surface area contributed by atoms with Gasteiger partial charge in [0, 0.05) is 17.8 Å². The summed E-state index contributed by atoms with van der Waals surface area (Å²) in [6, 6.07) is 9.77. The molecule has 0 fully saturated rings. The molecule has 0 aliphatic carbocycles.